The van der Waals surface area contributed by atoms with Crippen molar-refractivity contribution in [2.75, 3.05) is 19.0 Å². The Morgan fingerprint density at radius 2 is 1.69 bits per heavy atom. The van der Waals surface area contributed by atoms with Gasteiger partial charge in [-0.3, -0.25) is 9.36 Å². The molecule has 0 unspecified atom stereocenters. The standard InChI is InChI=1S/C27H23ClN4O2S/c1-17-24(29-25(34-17)18-8-10-19(28)11-9-18)16-35-27-30-23-7-5-4-6-22(23)26(33)32(27)21-14-12-20(13-15-21)31(2)3/h4-15H,16H2,1-3H3. The molecule has 8 heteroatoms. The van der Waals surface area contributed by atoms with Crippen LogP contribution in [0, 0.1) is 6.92 Å². The first-order chi connectivity index (χ1) is 16.9. The third kappa shape index (κ3) is 4.70. The maximum atomic E-state index is 13.5. The second-order valence-corrected chi connectivity index (χ2v) is 9.66. The lowest BCUT2D eigenvalue weighted by Gasteiger charge is -2.16. The number of hydrogen-bond donors (Lipinski definition) is 0. The van der Waals surface area contributed by atoms with Gasteiger partial charge < -0.3 is 9.32 Å². The van der Waals surface area contributed by atoms with Crippen molar-refractivity contribution in [1.29, 1.82) is 0 Å². The number of hydrogen-bond acceptors (Lipinski definition) is 6. The van der Waals surface area contributed by atoms with Gasteiger partial charge in [0.2, 0.25) is 5.89 Å². The minimum absolute atomic E-state index is 0.102. The lowest BCUT2D eigenvalue weighted by atomic mass is 10.2. The number of aromatic nitrogens is 3. The molecule has 0 radical (unpaired) electrons. The van der Waals surface area contributed by atoms with E-state index in [1.165, 1.54) is 11.8 Å². The molecule has 5 aromatic rings. The largest absolute Gasteiger partial charge is 0.441 e. The van der Waals surface area contributed by atoms with Gasteiger partial charge in [-0.05, 0) is 67.6 Å². The number of rotatable bonds is 6. The second-order valence-electron chi connectivity index (χ2n) is 8.28. The van der Waals surface area contributed by atoms with Crippen molar-refractivity contribution in [3.05, 3.63) is 99.6 Å². The minimum Gasteiger partial charge on any atom is -0.441 e. The molecule has 176 valence electrons. The first-order valence-electron chi connectivity index (χ1n) is 11.1. The summed E-state index contributed by atoms with van der Waals surface area (Å²) < 4.78 is 7.58. The summed E-state index contributed by atoms with van der Waals surface area (Å²) in [7, 11) is 3.97. The molecule has 0 saturated carbocycles. The van der Waals surface area contributed by atoms with Crippen LogP contribution in [0.3, 0.4) is 0 Å². The zero-order chi connectivity index (χ0) is 24.5. The predicted molar refractivity (Wildman–Crippen MR) is 143 cm³/mol. The molecule has 0 aliphatic heterocycles. The summed E-state index contributed by atoms with van der Waals surface area (Å²) >= 11 is 7.46. The van der Waals surface area contributed by atoms with Gasteiger partial charge in [0.15, 0.2) is 5.16 Å². The molecule has 2 aromatic heterocycles. The van der Waals surface area contributed by atoms with E-state index >= 15 is 0 Å². The summed E-state index contributed by atoms with van der Waals surface area (Å²) in [6, 6.07) is 22.7. The number of halogens is 1. The van der Waals surface area contributed by atoms with Crippen LogP contribution in [0.1, 0.15) is 11.5 Å². The van der Waals surface area contributed by atoms with Crippen LogP contribution in [-0.2, 0) is 5.75 Å². The van der Waals surface area contributed by atoms with Gasteiger partial charge in [0, 0.05) is 36.1 Å². The van der Waals surface area contributed by atoms with Crippen molar-refractivity contribution >= 4 is 40.0 Å². The fourth-order valence-electron chi connectivity index (χ4n) is 3.75. The van der Waals surface area contributed by atoms with Crippen LogP contribution >= 0.6 is 23.4 Å². The number of thioether (sulfide) groups is 1. The Hall–Kier alpha value is -3.55. The van der Waals surface area contributed by atoms with Gasteiger partial charge >= 0.3 is 0 Å². The fourth-order valence-corrected chi connectivity index (χ4v) is 4.89. The normalized spacial score (nSPS) is 11.2. The predicted octanol–water partition coefficient (Wildman–Crippen LogP) is 6.36. The third-order valence-corrected chi connectivity index (χ3v) is 6.89. The molecular weight excluding hydrogens is 480 g/mol. The van der Waals surface area contributed by atoms with Crippen LogP contribution < -0.4 is 10.5 Å². The Labute approximate surface area is 212 Å². The lowest BCUT2D eigenvalue weighted by molar-refractivity contribution is 0.540. The van der Waals surface area contributed by atoms with Crippen molar-refractivity contribution < 1.29 is 4.42 Å². The molecule has 0 N–H and O–H groups in total. The molecule has 0 aliphatic carbocycles. The molecule has 0 bridgehead atoms. The molecule has 0 spiro atoms. The molecule has 0 atom stereocenters. The molecule has 5 rings (SSSR count). The maximum Gasteiger partial charge on any atom is 0.266 e. The van der Waals surface area contributed by atoms with Gasteiger partial charge in [-0.1, -0.05) is 35.5 Å². The molecule has 0 saturated heterocycles. The molecule has 35 heavy (non-hydrogen) atoms. The highest BCUT2D eigenvalue weighted by Crippen LogP contribution is 2.29. The topological polar surface area (TPSA) is 64.2 Å². The van der Waals surface area contributed by atoms with Crippen LogP contribution in [0.4, 0.5) is 5.69 Å². The van der Waals surface area contributed by atoms with E-state index in [0.29, 0.717) is 32.7 Å². The quantitative estimate of drug-likeness (QED) is 0.199. The monoisotopic (exact) mass is 502 g/mol. The van der Waals surface area contributed by atoms with Crippen LogP contribution in [-0.4, -0.2) is 28.6 Å². The van der Waals surface area contributed by atoms with Crippen LogP contribution in [0.2, 0.25) is 5.02 Å². The van der Waals surface area contributed by atoms with E-state index in [1.54, 1.807) is 4.57 Å². The van der Waals surface area contributed by atoms with Crippen molar-refractivity contribution in [3.63, 3.8) is 0 Å². The first-order valence-corrected chi connectivity index (χ1v) is 12.4. The minimum atomic E-state index is -0.102. The number of anilines is 1. The zero-order valence-corrected chi connectivity index (χ0v) is 21.1. The first kappa shape index (κ1) is 23.2. The molecule has 2 heterocycles. The average molecular weight is 503 g/mol. The van der Waals surface area contributed by atoms with Gasteiger partial charge in [0.1, 0.15) is 5.76 Å². The van der Waals surface area contributed by atoms with Crippen LogP contribution in [0.15, 0.2) is 87.2 Å². The van der Waals surface area contributed by atoms with Crippen molar-refractivity contribution in [2.45, 2.75) is 17.8 Å². The van der Waals surface area contributed by atoms with E-state index < -0.39 is 0 Å². The maximum absolute atomic E-state index is 13.5. The van der Waals surface area contributed by atoms with E-state index in [2.05, 4.69) is 0 Å². The summed E-state index contributed by atoms with van der Waals surface area (Å²) in [5.74, 6) is 1.77. The Bertz CT molecular complexity index is 1560. The van der Waals surface area contributed by atoms with Gasteiger partial charge in [0.25, 0.3) is 5.56 Å². The Morgan fingerprint density at radius 3 is 2.40 bits per heavy atom. The molecular formula is C27H23ClN4O2S. The summed E-state index contributed by atoms with van der Waals surface area (Å²) in [6.45, 7) is 1.89. The number of fused-ring (bicyclic) bond motifs is 1. The Kier molecular flexibility index (Phi) is 6.36. The fraction of sp³-hybridized carbons (Fsp3) is 0.148. The van der Waals surface area contributed by atoms with Gasteiger partial charge in [-0.15, -0.1) is 0 Å². The molecule has 0 amide bonds. The van der Waals surface area contributed by atoms with E-state index in [1.807, 2.05) is 98.7 Å². The molecule has 6 nitrogen and oxygen atoms in total. The van der Waals surface area contributed by atoms with Gasteiger partial charge in [-0.25, -0.2) is 9.97 Å². The van der Waals surface area contributed by atoms with Gasteiger partial charge in [0.05, 0.1) is 22.3 Å². The zero-order valence-electron chi connectivity index (χ0n) is 19.5. The SMILES string of the molecule is Cc1oc(-c2ccc(Cl)cc2)nc1CSc1nc2ccccc2c(=O)n1-c1ccc(N(C)C)cc1. The summed E-state index contributed by atoms with van der Waals surface area (Å²) in [4.78, 5) is 25.1. The molecule has 0 aliphatic rings. The number of para-hydroxylation sites is 1. The highest BCUT2D eigenvalue weighted by atomic mass is 35.5. The number of nitrogens with zero attached hydrogens (tertiary/aromatic N) is 4. The number of benzene rings is 3. The van der Waals surface area contributed by atoms with E-state index in [0.717, 1.165) is 28.4 Å². The van der Waals surface area contributed by atoms with Crippen LogP contribution in [0.25, 0.3) is 28.0 Å². The van der Waals surface area contributed by atoms with E-state index in [4.69, 9.17) is 26.0 Å². The van der Waals surface area contributed by atoms with E-state index in [9.17, 15) is 4.79 Å². The van der Waals surface area contributed by atoms with Crippen molar-refractivity contribution in [3.8, 4) is 17.1 Å². The third-order valence-electron chi connectivity index (χ3n) is 5.69. The number of aryl methyl sites for hydroxylation is 1. The van der Waals surface area contributed by atoms with E-state index in [-0.39, 0.29) is 5.56 Å². The Balaban J connectivity index is 1.52. The summed E-state index contributed by atoms with van der Waals surface area (Å²) in [6.07, 6.45) is 0. The lowest BCUT2D eigenvalue weighted by Crippen LogP contribution is -2.22. The van der Waals surface area contributed by atoms with Gasteiger partial charge in [-0.2, -0.15) is 0 Å². The van der Waals surface area contributed by atoms with Crippen LogP contribution in [0.5, 0.6) is 0 Å². The number of oxazole rings is 1. The smallest absolute Gasteiger partial charge is 0.266 e. The second kappa shape index (κ2) is 9.60. The molecule has 3 aromatic carbocycles. The van der Waals surface area contributed by atoms with Crippen molar-refractivity contribution in [2.24, 2.45) is 0 Å². The molecule has 0 fully saturated rings. The average Bonchev–Trinajstić information content (AvgIpc) is 3.23. The highest BCUT2D eigenvalue weighted by Gasteiger charge is 2.17. The summed E-state index contributed by atoms with van der Waals surface area (Å²) in [5, 5.41) is 1.84. The highest BCUT2D eigenvalue weighted by molar-refractivity contribution is 7.98. The summed E-state index contributed by atoms with van der Waals surface area (Å²) in [5.41, 5.74) is 4.04. The van der Waals surface area contributed by atoms with Crippen molar-refractivity contribution in [1.82, 2.24) is 14.5 Å². The Morgan fingerprint density at radius 1 is 0.971 bits per heavy atom.